The van der Waals surface area contributed by atoms with E-state index in [0.29, 0.717) is 6.42 Å². The van der Waals surface area contributed by atoms with Gasteiger partial charge >= 0.3 is 19.8 Å². The van der Waals surface area contributed by atoms with Crippen LogP contribution in [0.25, 0.3) is 0 Å². The summed E-state index contributed by atoms with van der Waals surface area (Å²) in [5, 5.41) is 0. The van der Waals surface area contributed by atoms with Gasteiger partial charge in [-0.25, -0.2) is 4.57 Å². The Hall–Kier alpha value is -1.21. The van der Waals surface area contributed by atoms with Crippen molar-refractivity contribution < 1.29 is 37.9 Å². The van der Waals surface area contributed by atoms with E-state index in [1.165, 1.54) is 135 Å². The number of phosphoric ester groups is 1. The fraction of sp³-hybridized carbons (Fsp3) is 0.897. The predicted octanol–water partition coefficient (Wildman–Crippen LogP) is 11.8. The number of carbonyl (C=O) groups is 2. The topological polar surface area (TPSA) is 119 Å². The molecule has 0 aromatic heterocycles. The van der Waals surface area contributed by atoms with Crippen molar-refractivity contribution in [1.29, 1.82) is 0 Å². The van der Waals surface area contributed by atoms with Gasteiger partial charge in [-0.2, -0.15) is 0 Å². The molecule has 1 atom stereocenters. The number of hydrogen-bond acceptors (Lipinski definition) is 6. The fourth-order valence-corrected chi connectivity index (χ4v) is 6.15. The smallest absolute Gasteiger partial charge is 0.462 e. The molecule has 48 heavy (non-hydrogen) atoms. The second-order valence-corrected chi connectivity index (χ2v) is 14.9. The first kappa shape index (κ1) is 46.8. The number of carbonyl (C=O) groups excluding carboxylic acids is 2. The quantitative estimate of drug-likeness (QED) is 0.0284. The number of ether oxygens (including phenoxy) is 2. The lowest BCUT2D eigenvalue weighted by Crippen LogP contribution is -2.29. The monoisotopic (exact) mass is 703 g/mol. The predicted molar refractivity (Wildman–Crippen MR) is 198 cm³/mol. The third-order valence-electron chi connectivity index (χ3n) is 8.78. The van der Waals surface area contributed by atoms with Gasteiger partial charge in [-0.15, -0.1) is 0 Å². The van der Waals surface area contributed by atoms with E-state index >= 15 is 0 Å². The molecule has 0 radical (unpaired) electrons. The van der Waals surface area contributed by atoms with Crippen LogP contribution in [0, 0.1) is 0 Å². The maximum Gasteiger partial charge on any atom is 0.469 e. The molecule has 0 aliphatic carbocycles. The third-order valence-corrected chi connectivity index (χ3v) is 9.27. The lowest BCUT2D eigenvalue weighted by molar-refractivity contribution is -0.161. The van der Waals surface area contributed by atoms with E-state index < -0.39 is 32.5 Å². The molecule has 0 aromatic rings. The van der Waals surface area contributed by atoms with Crippen molar-refractivity contribution in [2.75, 3.05) is 13.2 Å². The van der Waals surface area contributed by atoms with Crippen molar-refractivity contribution in [3.63, 3.8) is 0 Å². The van der Waals surface area contributed by atoms with E-state index in [1.807, 2.05) is 0 Å². The average Bonchev–Trinajstić information content (AvgIpc) is 3.05. The van der Waals surface area contributed by atoms with Crippen LogP contribution in [0.4, 0.5) is 0 Å². The Morgan fingerprint density at radius 3 is 1.33 bits per heavy atom. The van der Waals surface area contributed by atoms with Gasteiger partial charge in [0.05, 0.1) is 6.61 Å². The van der Waals surface area contributed by atoms with E-state index in [4.69, 9.17) is 19.3 Å². The second-order valence-electron chi connectivity index (χ2n) is 13.6. The van der Waals surface area contributed by atoms with Crippen LogP contribution in [0.3, 0.4) is 0 Å². The van der Waals surface area contributed by atoms with Crippen LogP contribution in [-0.2, 0) is 28.2 Å². The summed E-state index contributed by atoms with van der Waals surface area (Å²) in [6.45, 7) is 3.62. The number of esters is 2. The third kappa shape index (κ3) is 37.6. The maximum absolute atomic E-state index is 12.3. The molecule has 0 fully saturated rings. The fourth-order valence-electron chi connectivity index (χ4n) is 5.79. The van der Waals surface area contributed by atoms with Crippen LogP contribution in [0.5, 0.6) is 0 Å². The molecular formula is C39H75O8P. The van der Waals surface area contributed by atoms with Gasteiger partial charge in [0.15, 0.2) is 6.10 Å². The zero-order valence-electron chi connectivity index (χ0n) is 31.2. The van der Waals surface area contributed by atoms with E-state index in [9.17, 15) is 14.2 Å². The van der Waals surface area contributed by atoms with Crippen molar-refractivity contribution in [3.8, 4) is 0 Å². The second kappa shape index (κ2) is 35.6. The maximum atomic E-state index is 12.3. The Morgan fingerprint density at radius 2 is 0.896 bits per heavy atom. The number of allylic oxidation sites excluding steroid dienone is 2. The van der Waals surface area contributed by atoms with Gasteiger partial charge in [-0.1, -0.05) is 174 Å². The first-order valence-corrected chi connectivity index (χ1v) is 21.5. The molecule has 0 saturated heterocycles. The first-order valence-electron chi connectivity index (χ1n) is 20.0. The Bertz CT molecular complexity index is 797. The van der Waals surface area contributed by atoms with Crippen molar-refractivity contribution in [1.82, 2.24) is 0 Å². The van der Waals surface area contributed by atoms with Gasteiger partial charge in [-0.3, -0.25) is 14.1 Å². The van der Waals surface area contributed by atoms with Gasteiger partial charge in [-0.05, 0) is 32.1 Å². The molecule has 0 rings (SSSR count). The summed E-state index contributed by atoms with van der Waals surface area (Å²) in [6, 6.07) is 0. The number of rotatable bonds is 37. The number of unbranched alkanes of at least 4 members (excludes halogenated alkanes) is 25. The molecule has 2 N–H and O–H groups in total. The summed E-state index contributed by atoms with van der Waals surface area (Å²) in [5.74, 6) is -0.921. The first-order chi connectivity index (χ1) is 23.3. The molecule has 0 bridgehead atoms. The molecule has 8 nitrogen and oxygen atoms in total. The largest absolute Gasteiger partial charge is 0.469 e. The highest BCUT2D eigenvalue weighted by Gasteiger charge is 2.22. The molecule has 0 aliphatic heterocycles. The van der Waals surface area contributed by atoms with Crippen molar-refractivity contribution in [2.45, 2.75) is 213 Å². The van der Waals surface area contributed by atoms with E-state index in [-0.39, 0.29) is 19.4 Å². The standard InChI is InChI=1S/C39H75O8P/c1-3-5-7-9-11-12-13-14-15-16-17-18-19-20-21-22-23-24-25-26-28-30-32-34-39(41)47-37(36-46-48(42,43)44)35-45-38(40)33-31-29-27-10-8-6-4-2/h26,28,37H,3-25,27,29-36H2,1-2H3,(H2,42,43,44)/b28-26+/t37-/m1/s1. The van der Waals surface area contributed by atoms with Gasteiger partial charge in [0.2, 0.25) is 0 Å². The van der Waals surface area contributed by atoms with Gasteiger partial charge in [0.1, 0.15) is 6.61 Å². The van der Waals surface area contributed by atoms with Gasteiger partial charge in [0.25, 0.3) is 0 Å². The highest BCUT2D eigenvalue weighted by Crippen LogP contribution is 2.36. The lowest BCUT2D eigenvalue weighted by Gasteiger charge is -2.18. The summed E-state index contributed by atoms with van der Waals surface area (Å²) >= 11 is 0. The normalized spacial score (nSPS) is 12.5. The molecule has 0 heterocycles. The molecule has 0 unspecified atom stereocenters. The zero-order valence-corrected chi connectivity index (χ0v) is 32.0. The summed E-state index contributed by atoms with van der Waals surface area (Å²) in [4.78, 5) is 42.5. The zero-order chi connectivity index (χ0) is 35.4. The van der Waals surface area contributed by atoms with E-state index in [0.717, 1.165) is 38.5 Å². The van der Waals surface area contributed by atoms with Gasteiger partial charge in [0, 0.05) is 12.8 Å². The highest BCUT2D eigenvalue weighted by molar-refractivity contribution is 7.46. The van der Waals surface area contributed by atoms with Crippen LogP contribution in [0.2, 0.25) is 0 Å². The van der Waals surface area contributed by atoms with Crippen LogP contribution in [0.1, 0.15) is 206 Å². The Morgan fingerprint density at radius 1 is 0.521 bits per heavy atom. The average molecular weight is 703 g/mol. The van der Waals surface area contributed by atoms with E-state index in [2.05, 4.69) is 30.5 Å². The van der Waals surface area contributed by atoms with Gasteiger partial charge < -0.3 is 19.3 Å². The molecule has 284 valence electrons. The van der Waals surface area contributed by atoms with Crippen LogP contribution >= 0.6 is 7.82 Å². The Kier molecular flexibility index (Phi) is 34.7. The molecule has 0 amide bonds. The van der Waals surface area contributed by atoms with Crippen LogP contribution in [0.15, 0.2) is 12.2 Å². The molecule has 0 saturated carbocycles. The van der Waals surface area contributed by atoms with Crippen molar-refractivity contribution in [3.05, 3.63) is 12.2 Å². The molecule has 0 aromatic carbocycles. The summed E-state index contributed by atoms with van der Waals surface area (Å²) in [6.07, 6.45) is 38.4. The Balaban J connectivity index is 3.80. The SMILES string of the molecule is CCCCCCCCCCCCCCCCCCCC/C=C/CCCC(=O)O[C@H](COC(=O)CCCCCCCCC)COP(=O)(O)O. The summed E-state index contributed by atoms with van der Waals surface area (Å²) in [5.41, 5.74) is 0. The highest BCUT2D eigenvalue weighted by atomic mass is 31.2. The lowest BCUT2D eigenvalue weighted by atomic mass is 10.0. The molecule has 0 spiro atoms. The minimum absolute atomic E-state index is 0.169. The molecular weight excluding hydrogens is 627 g/mol. The minimum atomic E-state index is -4.75. The number of phosphoric acid groups is 1. The number of hydrogen-bond donors (Lipinski definition) is 2. The molecule has 0 aliphatic rings. The molecule has 9 heteroatoms. The van der Waals surface area contributed by atoms with Crippen molar-refractivity contribution in [2.24, 2.45) is 0 Å². The van der Waals surface area contributed by atoms with Crippen molar-refractivity contribution >= 4 is 19.8 Å². The summed E-state index contributed by atoms with van der Waals surface area (Å²) in [7, 11) is -4.75. The van der Waals surface area contributed by atoms with E-state index in [1.54, 1.807) is 0 Å². The Labute approximate surface area is 295 Å². The van der Waals surface area contributed by atoms with Crippen LogP contribution < -0.4 is 0 Å². The summed E-state index contributed by atoms with van der Waals surface area (Å²) < 4.78 is 26.2. The minimum Gasteiger partial charge on any atom is -0.462 e. The van der Waals surface area contributed by atoms with Crippen LogP contribution in [-0.4, -0.2) is 41.0 Å².